The minimum atomic E-state index is 0.0994. The fourth-order valence-electron chi connectivity index (χ4n) is 5.08. The number of hydrogen-bond acceptors (Lipinski definition) is 2. The van der Waals surface area contributed by atoms with Crippen LogP contribution in [-0.2, 0) is 0 Å². The van der Waals surface area contributed by atoms with Crippen molar-refractivity contribution in [3.05, 3.63) is 0 Å². The molecule has 2 heteroatoms. The van der Waals surface area contributed by atoms with Gasteiger partial charge in [0.15, 0.2) is 0 Å². The van der Waals surface area contributed by atoms with E-state index in [2.05, 4.69) is 0 Å². The highest BCUT2D eigenvalue weighted by Gasteiger charge is 2.56. The predicted octanol–water partition coefficient (Wildman–Crippen LogP) is 1.80. The molecular formula is C13H22O2. The van der Waals surface area contributed by atoms with Crippen molar-refractivity contribution in [2.45, 2.75) is 38.5 Å². The second kappa shape index (κ2) is 3.46. The molecule has 0 atom stereocenters. The van der Waals surface area contributed by atoms with E-state index in [1.807, 2.05) is 0 Å². The highest BCUT2D eigenvalue weighted by molar-refractivity contribution is 5.05. The third-order valence-electron chi connectivity index (χ3n) is 5.64. The Balaban J connectivity index is 1.89. The normalized spacial score (nSPS) is 52.4. The number of rotatable bonds is 3. The molecule has 2 nitrogen and oxygen atoms in total. The van der Waals surface area contributed by atoms with Gasteiger partial charge in [-0.05, 0) is 62.2 Å². The van der Waals surface area contributed by atoms with Crippen molar-refractivity contribution in [3.8, 4) is 0 Å². The Morgan fingerprint density at radius 3 is 1.80 bits per heavy atom. The molecule has 0 amide bonds. The summed E-state index contributed by atoms with van der Waals surface area (Å²) in [7, 11) is 0. The largest absolute Gasteiger partial charge is 0.396 e. The van der Waals surface area contributed by atoms with Gasteiger partial charge in [-0.15, -0.1) is 0 Å². The number of hydrogen-bond donors (Lipinski definition) is 2. The van der Waals surface area contributed by atoms with Gasteiger partial charge in [0.05, 0.1) is 0 Å². The molecule has 0 aromatic rings. The van der Waals surface area contributed by atoms with Crippen LogP contribution in [0.1, 0.15) is 38.5 Å². The third kappa shape index (κ3) is 1.31. The average molecular weight is 210 g/mol. The van der Waals surface area contributed by atoms with Crippen LogP contribution in [0.4, 0.5) is 0 Å². The van der Waals surface area contributed by atoms with Gasteiger partial charge in [-0.1, -0.05) is 0 Å². The van der Waals surface area contributed by atoms with Gasteiger partial charge in [0.25, 0.3) is 0 Å². The lowest BCUT2D eigenvalue weighted by molar-refractivity contribution is -0.140. The Hall–Kier alpha value is -0.0800. The fraction of sp³-hybridized carbons (Fsp3) is 1.00. The molecule has 4 aliphatic rings. The van der Waals surface area contributed by atoms with E-state index in [4.69, 9.17) is 0 Å². The van der Waals surface area contributed by atoms with Gasteiger partial charge in [-0.2, -0.15) is 0 Å². The lowest BCUT2D eigenvalue weighted by Crippen LogP contribution is -2.55. The van der Waals surface area contributed by atoms with E-state index in [1.165, 1.54) is 32.1 Å². The van der Waals surface area contributed by atoms with Crippen LogP contribution in [0.25, 0.3) is 0 Å². The van der Waals surface area contributed by atoms with E-state index in [-0.39, 0.29) is 12.0 Å². The summed E-state index contributed by atoms with van der Waals surface area (Å²) in [6.07, 6.45) is 7.59. The Morgan fingerprint density at radius 1 is 0.867 bits per heavy atom. The standard InChI is InChI=1S/C13H22O2/c14-2-1-13(8-15)11-4-9-3-10(6-11)7-12(13)5-9/h9-12,14-15H,1-8H2. The second-order valence-corrected chi connectivity index (χ2v) is 6.17. The molecule has 0 spiro atoms. The molecule has 15 heavy (non-hydrogen) atoms. The van der Waals surface area contributed by atoms with Crippen molar-refractivity contribution >= 4 is 0 Å². The van der Waals surface area contributed by atoms with E-state index in [0.29, 0.717) is 18.4 Å². The van der Waals surface area contributed by atoms with Gasteiger partial charge in [0, 0.05) is 18.6 Å². The lowest BCUT2D eigenvalue weighted by Gasteiger charge is -2.61. The quantitative estimate of drug-likeness (QED) is 0.745. The van der Waals surface area contributed by atoms with E-state index in [0.717, 1.165) is 18.3 Å². The average Bonchev–Trinajstić information content (AvgIpc) is 2.23. The van der Waals surface area contributed by atoms with Crippen molar-refractivity contribution in [1.82, 2.24) is 0 Å². The van der Waals surface area contributed by atoms with Crippen molar-refractivity contribution in [3.63, 3.8) is 0 Å². The summed E-state index contributed by atoms with van der Waals surface area (Å²) in [5, 5.41) is 19.0. The molecule has 4 bridgehead atoms. The Bertz CT molecular complexity index is 221. The maximum atomic E-state index is 9.77. The lowest BCUT2D eigenvalue weighted by atomic mass is 9.45. The monoisotopic (exact) mass is 210 g/mol. The summed E-state index contributed by atoms with van der Waals surface area (Å²) in [5.74, 6) is 3.33. The minimum Gasteiger partial charge on any atom is -0.396 e. The van der Waals surface area contributed by atoms with Gasteiger partial charge in [0.2, 0.25) is 0 Å². The zero-order valence-corrected chi connectivity index (χ0v) is 9.36. The van der Waals surface area contributed by atoms with Crippen molar-refractivity contribution in [2.75, 3.05) is 13.2 Å². The fourth-order valence-corrected chi connectivity index (χ4v) is 5.08. The Labute approximate surface area is 91.7 Å². The van der Waals surface area contributed by atoms with Gasteiger partial charge in [-0.25, -0.2) is 0 Å². The summed E-state index contributed by atoms with van der Waals surface area (Å²) in [6, 6.07) is 0. The number of aliphatic hydroxyl groups excluding tert-OH is 2. The van der Waals surface area contributed by atoms with Gasteiger partial charge < -0.3 is 10.2 Å². The van der Waals surface area contributed by atoms with E-state index in [1.54, 1.807) is 0 Å². The second-order valence-electron chi connectivity index (χ2n) is 6.17. The maximum absolute atomic E-state index is 9.77. The van der Waals surface area contributed by atoms with Crippen LogP contribution < -0.4 is 0 Å². The molecule has 4 saturated carbocycles. The molecule has 0 aliphatic heterocycles. The molecule has 4 aliphatic carbocycles. The summed E-state index contributed by atoms with van der Waals surface area (Å²) >= 11 is 0. The summed E-state index contributed by atoms with van der Waals surface area (Å²) in [4.78, 5) is 0. The Morgan fingerprint density at radius 2 is 1.40 bits per heavy atom. The van der Waals surface area contributed by atoms with Crippen LogP contribution in [0.2, 0.25) is 0 Å². The topological polar surface area (TPSA) is 40.5 Å². The zero-order chi connectivity index (χ0) is 10.5. The number of aliphatic hydroxyl groups is 2. The van der Waals surface area contributed by atoms with Crippen LogP contribution in [0.15, 0.2) is 0 Å². The van der Waals surface area contributed by atoms with Crippen molar-refractivity contribution < 1.29 is 10.2 Å². The molecule has 0 heterocycles. The van der Waals surface area contributed by atoms with Gasteiger partial charge in [0.1, 0.15) is 0 Å². The smallest absolute Gasteiger partial charge is 0.0493 e. The highest BCUT2D eigenvalue weighted by atomic mass is 16.3. The first-order chi connectivity index (χ1) is 7.28. The molecule has 0 unspecified atom stereocenters. The molecule has 2 N–H and O–H groups in total. The van der Waals surface area contributed by atoms with Crippen molar-refractivity contribution in [1.29, 1.82) is 0 Å². The first-order valence-electron chi connectivity index (χ1n) is 6.50. The molecule has 0 radical (unpaired) electrons. The summed E-state index contributed by atoms with van der Waals surface area (Å²) in [6.45, 7) is 0.561. The molecule has 4 rings (SSSR count). The predicted molar refractivity (Wildman–Crippen MR) is 58.3 cm³/mol. The summed E-state index contributed by atoms with van der Waals surface area (Å²) < 4.78 is 0. The van der Waals surface area contributed by atoms with E-state index < -0.39 is 0 Å². The first-order valence-corrected chi connectivity index (χ1v) is 6.50. The zero-order valence-electron chi connectivity index (χ0n) is 9.36. The maximum Gasteiger partial charge on any atom is 0.0493 e. The van der Waals surface area contributed by atoms with E-state index >= 15 is 0 Å². The van der Waals surface area contributed by atoms with Crippen LogP contribution >= 0.6 is 0 Å². The summed E-state index contributed by atoms with van der Waals surface area (Å²) in [5.41, 5.74) is 0.0994. The minimum absolute atomic E-state index is 0.0994. The van der Waals surface area contributed by atoms with Crippen LogP contribution in [0.3, 0.4) is 0 Å². The highest BCUT2D eigenvalue weighted by Crippen LogP contribution is 2.63. The van der Waals surface area contributed by atoms with Gasteiger partial charge >= 0.3 is 0 Å². The molecule has 0 saturated heterocycles. The SMILES string of the molecule is OCCC1(CO)C2CC3CC(C2)CC1C3. The van der Waals surface area contributed by atoms with Crippen LogP contribution in [0, 0.1) is 29.1 Å². The molecule has 4 fully saturated rings. The first kappa shape index (κ1) is 10.1. The third-order valence-corrected chi connectivity index (χ3v) is 5.64. The van der Waals surface area contributed by atoms with Crippen molar-refractivity contribution in [2.24, 2.45) is 29.1 Å². The van der Waals surface area contributed by atoms with Crippen LogP contribution in [0.5, 0.6) is 0 Å². The molecule has 0 aromatic carbocycles. The molecular weight excluding hydrogens is 188 g/mol. The molecule has 0 aromatic heterocycles. The molecule has 86 valence electrons. The van der Waals surface area contributed by atoms with Crippen LogP contribution in [-0.4, -0.2) is 23.4 Å². The Kier molecular flexibility index (Phi) is 2.33. The van der Waals surface area contributed by atoms with E-state index in [9.17, 15) is 10.2 Å². The van der Waals surface area contributed by atoms with Gasteiger partial charge in [-0.3, -0.25) is 0 Å².